The highest BCUT2D eigenvalue weighted by atomic mass is 127. The predicted octanol–water partition coefficient (Wildman–Crippen LogP) is 3.86. The fraction of sp³-hybridized carbons (Fsp3) is 0.857. The molecule has 4 aliphatic rings. The largest absolute Gasteiger partial charge is 0.444 e. The van der Waals surface area contributed by atoms with Crippen molar-refractivity contribution in [3.05, 3.63) is 9.26 Å². The van der Waals surface area contributed by atoms with Crippen molar-refractivity contribution in [3.8, 4) is 0 Å². The maximum Gasteiger partial charge on any atom is 0.410 e. The number of anilines is 1. The van der Waals surface area contributed by atoms with Gasteiger partial charge < -0.3 is 19.3 Å². The molecule has 1 amide bonds. The van der Waals surface area contributed by atoms with E-state index in [-0.39, 0.29) is 41.3 Å². The van der Waals surface area contributed by atoms with Crippen LogP contribution < -0.4 is 4.90 Å². The molecule has 0 saturated carbocycles. The molecule has 4 fully saturated rings. The van der Waals surface area contributed by atoms with Gasteiger partial charge in [-0.05, 0) is 95.7 Å². The standard InChI is InChI=1S/C28H46IN5O5S/c1-19-24(29)25(30-34(19)21-8-10-31(11-9-21)26(35)39-27(2,3)4)33-12-7-20(15-28(33,5)6)16-32-13-14-38-23-18-40(36,37)17-22(23)32/h20-23H,7-18H2,1-6H3/t20-,22?,23?/m1/s1. The third-order valence-corrected chi connectivity index (χ3v) is 12.0. The number of likely N-dealkylation sites (tertiary alicyclic amines) is 1. The van der Waals surface area contributed by atoms with Gasteiger partial charge >= 0.3 is 6.09 Å². The number of hydrogen-bond acceptors (Lipinski definition) is 8. The van der Waals surface area contributed by atoms with Gasteiger partial charge in [0.15, 0.2) is 15.7 Å². The van der Waals surface area contributed by atoms with Crippen molar-refractivity contribution in [1.82, 2.24) is 19.6 Å². The summed E-state index contributed by atoms with van der Waals surface area (Å²) in [6.45, 7) is 17.1. The van der Waals surface area contributed by atoms with E-state index in [1.54, 1.807) is 0 Å². The number of amides is 1. The van der Waals surface area contributed by atoms with Crippen LogP contribution in [-0.2, 0) is 19.3 Å². The van der Waals surface area contributed by atoms with Crippen molar-refractivity contribution >= 4 is 44.3 Å². The molecule has 0 aromatic carbocycles. The Labute approximate surface area is 253 Å². The molecule has 3 atom stereocenters. The monoisotopic (exact) mass is 691 g/mol. The van der Waals surface area contributed by atoms with Crippen LogP contribution in [0.1, 0.15) is 72.0 Å². The zero-order valence-electron chi connectivity index (χ0n) is 24.9. The first-order chi connectivity index (χ1) is 18.6. The lowest BCUT2D eigenvalue weighted by molar-refractivity contribution is -0.0535. The van der Waals surface area contributed by atoms with Gasteiger partial charge in [-0.1, -0.05) is 0 Å². The molecular weight excluding hydrogens is 645 g/mol. The summed E-state index contributed by atoms with van der Waals surface area (Å²) in [5.74, 6) is 1.96. The Balaban J connectivity index is 1.22. The summed E-state index contributed by atoms with van der Waals surface area (Å²) < 4.78 is 39.3. The zero-order valence-corrected chi connectivity index (χ0v) is 27.8. The van der Waals surface area contributed by atoms with Crippen LogP contribution >= 0.6 is 22.6 Å². The molecule has 1 aromatic rings. The second-order valence-corrected chi connectivity index (χ2v) is 17.0. The number of rotatable bonds is 4. The summed E-state index contributed by atoms with van der Waals surface area (Å²) in [5.41, 5.74) is 0.632. The number of fused-ring (bicyclic) bond motifs is 1. The minimum atomic E-state index is -3.01. The van der Waals surface area contributed by atoms with Crippen molar-refractivity contribution < 1.29 is 22.7 Å². The molecule has 5 rings (SSSR count). The summed E-state index contributed by atoms with van der Waals surface area (Å²) in [6, 6.07) is 0.263. The lowest BCUT2D eigenvalue weighted by Gasteiger charge is -2.48. The van der Waals surface area contributed by atoms with E-state index in [0.29, 0.717) is 25.6 Å². The Bertz CT molecular complexity index is 1200. The quantitative estimate of drug-likeness (QED) is 0.440. The maximum absolute atomic E-state index is 12.5. The molecule has 5 heterocycles. The first-order valence-corrected chi connectivity index (χ1v) is 17.6. The summed E-state index contributed by atoms with van der Waals surface area (Å²) in [6.07, 6.45) is 3.41. The van der Waals surface area contributed by atoms with Gasteiger partial charge in [0, 0.05) is 38.3 Å². The molecule has 0 bridgehead atoms. The lowest BCUT2D eigenvalue weighted by atomic mass is 9.82. The van der Waals surface area contributed by atoms with Gasteiger partial charge in [-0.3, -0.25) is 9.58 Å². The average Bonchev–Trinajstić information content (AvgIpc) is 3.33. The van der Waals surface area contributed by atoms with Crippen LogP contribution in [0, 0.1) is 16.4 Å². The smallest absolute Gasteiger partial charge is 0.410 e. The molecule has 226 valence electrons. The summed E-state index contributed by atoms with van der Waals surface area (Å²) in [4.78, 5) is 19.2. The molecule has 0 aliphatic carbocycles. The van der Waals surface area contributed by atoms with Crippen LogP contribution in [0.3, 0.4) is 0 Å². The van der Waals surface area contributed by atoms with Crippen LogP contribution in [-0.4, -0.2) is 108 Å². The van der Waals surface area contributed by atoms with Crippen LogP contribution in [0.5, 0.6) is 0 Å². The number of carbonyl (C=O) groups is 1. The number of carbonyl (C=O) groups excluding carboxylic acids is 1. The topological polar surface area (TPSA) is 97.2 Å². The van der Waals surface area contributed by atoms with Gasteiger partial charge in [-0.2, -0.15) is 5.10 Å². The van der Waals surface area contributed by atoms with Crippen LogP contribution in [0.2, 0.25) is 0 Å². The Hall–Kier alpha value is -1.12. The zero-order chi connectivity index (χ0) is 29.0. The molecule has 4 saturated heterocycles. The molecule has 10 nitrogen and oxygen atoms in total. The van der Waals surface area contributed by atoms with Crippen molar-refractivity contribution in [2.24, 2.45) is 5.92 Å². The number of sulfone groups is 1. The third kappa shape index (κ3) is 6.44. The summed E-state index contributed by atoms with van der Waals surface area (Å²) in [7, 11) is -3.01. The third-order valence-electron chi connectivity index (χ3n) is 9.00. The molecule has 1 aromatic heterocycles. The van der Waals surface area contributed by atoms with E-state index >= 15 is 0 Å². The van der Waals surface area contributed by atoms with E-state index in [2.05, 4.69) is 57.8 Å². The van der Waals surface area contributed by atoms with E-state index in [0.717, 1.165) is 51.1 Å². The number of hydrogen-bond donors (Lipinski definition) is 0. The number of morpholine rings is 1. The van der Waals surface area contributed by atoms with Gasteiger partial charge in [0.1, 0.15) is 5.60 Å². The minimum absolute atomic E-state index is 0.000856. The fourth-order valence-corrected chi connectivity index (χ4v) is 9.60. The van der Waals surface area contributed by atoms with Gasteiger partial charge in [0.05, 0.1) is 45.6 Å². The van der Waals surface area contributed by atoms with E-state index in [9.17, 15) is 13.2 Å². The maximum atomic E-state index is 12.5. The van der Waals surface area contributed by atoms with Crippen LogP contribution in [0.4, 0.5) is 10.6 Å². The second-order valence-electron chi connectivity index (χ2n) is 13.7. The second kappa shape index (κ2) is 11.2. The van der Waals surface area contributed by atoms with E-state index in [4.69, 9.17) is 14.6 Å². The van der Waals surface area contributed by atoms with E-state index < -0.39 is 15.4 Å². The van der Waals surface area contributed by atoms with Gasteiger partial charge in [-0.25, -0.2) is 13.2 Å². The number of nitrogens with zero attached hydrogens (tertiary/aromatic N) is 5. The molecule has 0 radical (unpaired) electrons. The number of ether oxygens (including phenoxy) is 2. The van der Waals surface area contributed by atoms with Gasteiger partial charge in [-0.15, -0.1) is 0 Å². The van der Waals surface area contributed by atoms with Gasteiger partial charge in [0.2, 0.25) is 0 Å². The van der Waals surface area contributed by atoms with Crippen LogP contribution in [0.25, 0.3) is 0 Å². The minimum Gasteiger partial charge on any atom is -0.444 e. The van der Waals surface area contributed by atoms with Crippen molar-refractivity contribution in [1.29, 1.82) is 0 Å². The van der Waals surface area contributed by atoms with Crippen LogP contribution in [0.15, 0.2) is 0 Å². The molecule has 0 N–H and O–H groups in total. The average molecular weight is 692 g/mol. The summed E-state index contributed by atoms with van der Waals surface area (Å²) >= 11 is 2.45. The molecule has 12 heteroatoms. The van der Waals surface area contributed by atoms with Gasteiger partial charge in [0.25, 0.3) is 0 Å². The number of aromatic nitrogens is 2. The Kier molecular flexibility index (Phi) is 8.48. The first kappa shape index (κ1) is 30.3. The SMILES string of the molecule is Cc1c(I)c(N2CC[C@@H](CN3CCOC4CS(=O)(=O)CC43)CC2(C)C)nn1C1CCN(C(=O)OC(C)(C)C)CC1. The van der Waals surface area contributed by atoms with Crippen molar-refractivity contribution in [3.63, 3.8) is 0 Å². The van der Waals surface area contributed by atoms with Crippen molar-refractivity contribution in [2.45, 2.75) is 96.6 Å². The number of halogens is 1. The Morgan fingerprint density at radius 2 is 1.82 bits per heavy atom. The normalized spacial score (nSPS) is 29.4. The Morgan fingerprint density at radius 3 is 2.48 bits per heavy atom. The van der Waals surface area contributed by atoms with E-state index in [1.807, 2.05) is 25.7 Å². The fourth-order valence-electron chi connectivity index (χ4n) is 7.05. The molecular formula is C28H46IN5O5S. The lowest BCUT2D eigenvalue weighted by Crippen LogP contribution is -2.56. The number of piperidine rings is 2. The molecule has 40 heavy (non-hydrogen) atoms. The molecule has 0 spiro atoms. The Morgan fingerprint density at radius 1 is 1.12 bits per heavy atom. The van der Waals surface area contributed by atoms with Crippen molar-refractivity contribution in [2.75, 3.05) is 55.7 Å². The summed E-state index contributed by atoms with van der Waals surface area (Å²) in [5, 5.41) is 5.19. The molecule has 2 unspecified atom stereocenters. The highest BCUT2D eigenvalue weighted by molar-refractivity contribution is 14.1. The highest BCUT2D eigenvalue weighted by Crippen LogP contribution is 2.40. The predicted molar refractivity (Wildman–Crippen MR) is 164 cm³/mol. The molecule has 4 aliphatic heterocycles. The van der Waals surface area contributed by atoms with E-state index in [1.165, 1.54) is 9.26 Å². The first-order valence-electron chi connectivity index (χ1n) is 14.7. The highest BCUT2D eigenvalue weighted by Gasteiger charge is 2.46.